The molecule has 2 atom stereocenters. The summed E-state index contributed by atoms with van der Waals surface area (Å²) in [7, 11) is 0. The molecule has 1 unspecified atom stereocenters. The van der Waals surface area contributed by atoms with Gasteiger partial charge in [0.05, 0.1) is 6.61 Å². The number of hydrogen-bond acceptors (Lipinski definition) is 5. The van der Waals surface area contributed by atoms with E-state index < -0.39 is 18.4 Å². The highest BCUT2D eigenvalue weighted by Gasteiger charge is 2.29. The zero-order valence-electron chi connectivity index (χ0n) is 14.8. The fourth-order valence-corrected chi connectivity index (χ4v) is 3.88. The predicted molar refractivity (Wildman–Crippen MR) is 113 cm³/mol. The van der Waals surface area contributed by atoms with Crippen LogP contribution in [-0.4, -0.2) is 41.2 Å². The molecule has 3 rings (SSSR count). The number of aliphatic hydroxyl groups excluding tert-OH is 1. The number of carbonyl (C=O) groups excluding carboxylic acids is 1. The molecular formula is C21H22INO4. The van der Waals surface area contributed by atoms with Crippen molar-refractivity contribution in [3.8, 4) is 11.1 Å². The van der Waals surface area contributed by atoms with Crippen LogP contribution in [0.5, 0.6) is 0 Å². The second-order valence-electron chi connectivity index (χ2n) is 6.21. The van der Waals surface area contributed by atoms with E-state index in [1.807, 2.05) is 24.3 Å². The van der Waals surface area contributed by atoms with Gasteiger partial charge in [0, 0.05) is 10.3 Å². The molecule has 0 saturated heterocycles. The molecule has 2 aromatic carbocycles. The Labute approximate surface area is 172 Å². The average Bonchev–Trinajstić information content (AvgIpc) is 3.02. The van der Waals surface area contributed by atoms with E-state index in [0.29, 0.717) is 11.0 Å². The minimum Gasteiger partial charge on any atom is -0.460 e. The summed E-state index contributed by atoms with van der Waals surface area (Å²) in [6.07, 6.45) is 0.241. The number of aliphatic hydroxyl groups is 1. The van der Waals surface area contributed by atoms with Gasteiger partial charge >= 0.3 is 5.97 Å². The molecule has 0 bridgehead atoms. The van der Waals surface area contributed by atoms with Crippen molar-refractivity contribution in [1.29, 1.82) is 0 Å². The van der Waals surface area contributed by atoms with Crippen molar-refractivity contribution in [3.05, 3.63) is 72.3 Å². The van der Waals surface area contributed by atoms with Crippen LogP contribution in [0, 0.1) is 0 Å². The maximum Gasteiger partial charge on any atom is 0.324 e. The molecule has 27 heavy (non-hydrogen) atoms. The van der Waals surface area contributed by atoms with Gasteiger partial charge in [-0.1, -0.05) is 83.8 Å². The summed E-state index contributed by atoms with van der Waals surface area (Å²) in [6.45, 7) is 3.96. The van der Waals surface area contributed by atoms with E-state index >= 15 is 0 Å². The van der Waals surface area contributed by atoms with Crippen LogP contribution in [0.1, 0.15) is 17.0 Å². The quantitative estimate of drug-likeness (QED) is 0.190. The Balaban J connectivity index is 1.64. The summed E-state index contributed by atoms with van der Waals surface area (Å²) < 4.78 is 11.1. The molecule has 0 saturated carbocycles. The maximum atomic E-state index is 12.0. The number of alkyl halides is 1. The van der Waals surface area contributed by atoms with Crippen LogP contribution in [0.25, 0.3) is 11.1 Å². The number of fused-ring (bicyclic) bond motifs is 3. The van der Waals surface area contributed by atoms with E-state index in [4.69, 9.17) is 9.47 Å². The fourth-order valence-electron chi connectivity index (χ4n) is 3.26. The van der Waals surface area contributed by atoms with E-state index in [-0.39, 0.29) is 12.5 Å². The van der Waals surface area contributed by atoms with Gasteiger partial charge in [0.2, 0.25) is 6.41 Å². The molecule has 1 aliphatic carbocycles. The largest absolute Gasteiger partial charge is 0.460 e. The van der Waals surface area contributed by atoms with Gasteiger partial charge in [-0.3, -0.25) is 10.1 Å². The molecule has 2 N–H and O–H groups in total. The van der Waals surface area contributed by atoms with Gasteiger partial charge in [0.1, 0.15) is 12.6 Å². The third-order valence-corrected chi connectivity index (χ3v) is 5.39. The first-order chi connectivity index (χ1) is 13.2. The van der Waals surface area contributed by atoms with Crippen LogP contribution in [0.15, 0.2) is 61.2 Å². The lowest BCUT2D eigenvalue weighted by atomic mass is 9.98. The van der Waals surface area contributed by atoms with Gasteiger partial charge in [-0.05, 0) is 22.3 Å². The molecule has 0 radical (unpaired) electrons. The Hall–Kier alpha value is -1.74. The lowest BCUT2D eigenvalue weighted by molar-refractivity contribution is -0.155. The average molecular weight is 479 g/mol. The molecule has 0 fully saturated rings. The highest BCUT2D eigenvalue weighted by Crippen LogP contribution is 2.44. The second-order valence-corrected chi connectivity index (χ2v) is 7.09. The number of benzene rings is 2. The highest BCUT2D eigenvalue weighted by molar-refractivity contribution is 14.1. The van der Waals surface area contributed by atoms with Gasteiger partial charge in [0.15, 0.2) is 0 Å². The van der Waals surface area contributed by atoms with Gasteiger partial charge in [-0.25, -0.2) is 0 Å². The summed E-state index contributed by atoms with van der Waals surface area (Å²) in [5.74, 6) is -0.400. The number of ether oxygens (including phenoxy) is 2. The normalized spacial score (nSPS) is 14.9. The Morgan fingerprint density at radius 3 is 2.33 bits per heavy atom. The van der Waals surface area contributed by atoms with E-state index in [2.05, 4.69) is 58.8 Å². The first kappa shape index (κ1) is 20.0. The van der Waals surface area contributed by atoms with Crippen LogP contribution >= 0.6 is 22.6 Å². The summed E-state index contributed by atoms with van der Waals surface area (Å²) in [5.41, 5.74) is 4.76. The van der Waals surface area contributed by atoms with Crippen LogP contribution in [-0.2, 0) is 14.3 Å². The van der Waals surface area contributed by atoms with Crippen molar-refractivity contribution >= 4 is 28.6 Å². The Bertz CT molecular complexity index is 765. The van der Waals surface area contributed by atoms with Crippen molar-refractivity contribution in [2.75, 3.05) is 17.6 Å². The van der Waals surface area contributed by atoms with Crippen molar-refractivity contribution in [3.63, 3.8) is 0 Å². The molecule has 0 spiro atoms. The van der Waals surface area contributed by atoms with Crippen molar-refractivity contribution in [1.82, 2.24) is 5.32 Å². The van der Waals surface area contributed by atoms with Gasteiger partial charge < -0.3 is 14.6 Å². The Morgan fingerprint density at radius 1 is 1.19 bits per heavy atom. The summed E-state index contributed by atoms with van der Waals surface area (Å²) in [4.78, 5) is 12.0. The molecule has 0 aromatic heterocycles. The number of halogens is 1. The number of rotatable bonds is 9. The lowest BCUT2D eigenvalue weighted by Crippen LogP contribution is -2.46. The summed E-state index contributed by atoms with van der Waals surface area (Å²) in [5, 5.41) is 13.0. The van der Waals surface area contributed by atoms with Crippen LogP contribution in [0.4, 0.5) is 0 Å². The van der Waals surface area contributed by atoms with Crippen molar-refractivity contribution in [2.24, 2.45) is 0 Å². The van der Waals surface area contributed by atoms with Crippen LogP contribution < -0.4 is 5.32 Å². The van der Waals surface area contributed by atoms with Gasteiger partial charge in [-0.15, -0.1) is 0 Å². The first-order valence-corrected chi connectivity index (χ1v) is 10.3. The molecule has 142 valence electrons. The number of esters is 1. The monoisotopic (exact) mass is 479 g/mol. The van der Waals surface area contributed by atoms with E-state index in [1.54, 1.807) is 0 Å². The molecule has 0 amide bonds. The smallest absolute Gasteiger partial charge is 0.324 e. The topological polar surface area (TPSA) is 67.8 Å². The third kappa shape index (κ3) is 4.57. The molecule has 5 nitrogen and oxygen atoms in total. The lowest BCUT2D eigenvalue weighted by Gasteiger charge is -2.22. The second kappa shape index (κ2) is 9.45. The highest BCUT2D eigenvalue weighted by atomic mass is 127. The van der Waals surface area contributed by atoms with Crippen LogP contribution in [0.3, 0.4) is 0 Å². The number of hydrogen-bond donors (Lipinski definition) is 2. The molecular weight excluding hydrogens is 457 g/mol. The molecule has 0 heterocycles. The number of nitrogens with one attached hydrogen (secondary N) is 1. The third-order valence-electron chi connectivity index (χ3n) is 4.51. The van der Waals surface area contributed by atoms with Crippen molar-refractivity contribution < 1.29 is 19.4 Å². The molecule has 2 aromatic rings. The zero-order valence-corrected chi connectivity index (χ0v) is 17.0. The predicted octanol–water partition coefficient (Wildman–Crippen LogP) is 3.21. The minimum atomic E-state index is -1.26. The van der Waals surface area contributed by atoms with Gasteiger partial charge in [-0.2, -0.15) is 0 Å². The Morgan fingerprint density at radius 2 is 1.78 bits per heavy atom. The van der Waals surface area contributed by atoms with Crippen LogP contribution in [0.2, 0.25) is 0 Å². The first-order valence-electron chi connectivity index (χ1n) is 8.73. The standard InChI is InChI=1S/C21H22INO4/c1-2-11-26-20(24)19(12-22)23-21(25)27-13-18-16-9-5-3-7-14(16)15-8-4-6-10-17(15)18/h2-10,18-19,21,23,25H,1,11-13H2/t19?,21-/m0/s1. The summed E-state index contributed by atoms with van der Waals surface area (Å²) >= 11 is 2.06. The van der Waals surface area contributed by atoms with Crippen molar-refractivity contribution in [2.45, 2.75) is 18.4 Å². The Kier molecular flexibility index (Phi) is 7.01. The molecule has 6 heteroatoms. The minimum absolute atomic E-state index is 0.0413. The van der Waals surface area contributed by atoms with E-state index in [1.165, 1.54) is 28.3 Å². The zero-order chi connectivity index (χ0) is 19.2. The van der Waals surface area contributed by atoms with E-state index in [0.717, 1.165) is 0 Å². The van der Waals surface area contributed by atoms with E-state index in [9.17, 15) is 9.90 Å². The molecule has 1 aliphatic rings. The fraction of sp³-hybridized carbons (Fsp3) is 0.286. The molecule has 0 aliphatic heterocycles. The van der Waals surface area contributed by atoms with Gasteiger partial charge in [0.25, 0.3) is 0 Å². The number of carbonyl (C=O) groups is 1. The maximum absolute atomic E-state index is 12.0. The SMILES string of the molecule is C=CCOC(=O)C(CI)N[C@@H](O)OCC1c2ccccc2-c2ccccc21. The summed E-state index contributed by atoms with van der Waals surface area (Å²) in [6, 6.07) is 15.8.